The van der Waals surface area contributed by atoms with Gasteiger partial charge in [-0.2, -0.15) is 0 Å². The lowest BCUT2D eigenvalue weighted by molar-refractivity contribution is 0.403. The van der Waals surface area contributed by atoms with Crippen LogP contribution in [0.15, 0.2) is 24.3 Å². The third-order valence-corrected chi connectivity index (χ3v) is 3.27. The van der Waals surface area contributed by atoms with E-state index in [0.29, 0.717) is 13.0 Å². The summed E-state index contributed by atoms with van der Waals surface area (Å²) >= 11 is -1.73. The van der Waals surface area contributed by atoms with E-state index in [1.807, 2.05) is 13.8 Å². The lowest BCUT2D eigenvalue weighted by atomic mass is 9.94. The molecule has 17 heavy (non-hydrogen) atoms. The molecule has 5 heteroatoms. The maximum atomic E-state index is 12.8. The standard InChI is InChI=1S/C12H18FNO2S/c1-12(2,14-8-3-9-17(15)16)10-4-6-11(13)7-5-10/h4-7,14H,3,8-9H2,1-2H3,(H,15,16). The summed E-state index contributed by atoms with van der Waals surface area (Å²) in [5.74, 6) is 0.0205. The highest BCUT2D eigenvalue weighted by Gasteiger charge is 2.19. The Balaban J connectivity index is 2.50. The molecule has 2 N–H and O–H groups in total. The van der Waals surface area contributed by atoms with Gasteiger partial charge >= 0.3 is 0 Å². The topological polar surface area (TPSA) is 49.3 Å². The molecular weight excluding hydrogens is 241 g/mol. The SMILES string of the molecule is CC(C)(NCCCS(=O)O)c1ccc(F)cc1. The van der Waals surface area contributed by atoms with E-state index in [-0.39, 0.29) is 17.1 Å². The molecule has 0 saturated carbocycles. The molecule has 0 radical (unpaired) electrons. The molecule has 0 fully saturated rings. The largest absolute Gasteiger partial charge is 0.308 e. The van der Waals surface area contributed by atoms with Gasteiger partial charge < -0.3 is 9.87 Å². The highest BCUT2D eigenvalue weighted by Crippen LogP contribution is 2.19. The van der Waals surface area contributed by atoms with Crippen LogP contribution in [0.4, 0.5) is 4.39 Å². The van der Waals surface area contributed by atoms with Gasteiger partial charge in [-0.3, -0.25) is 0 Å². The van der Waals surface area contributed by atoms with Crippen LogP contribution in [-0.2, 0) is 16.6 Å². The fraction of sp³-hybridized carbons (Fsp3) is 0.500. The van der Waals surface area contributed by atoms with Crippen molar-refractivity contribution in [3.63, 3.8) is 0 Å². The zero-order valence-corrected chi connectivity index (χ0v) is 10.9. The Hall–Kier alpha value is -0.780. The van der Waals surface area contributed by atoms with Crippen molar-refractivity contribution in [2.45, 2.75) is 25.8 Å². The van der Waals surface area contributed by atoms with Crippen molar-refractivity contribution < 1.29 is 13.2 Å². The summed E-state index contributed by atoms with van der Waals surface area (Å²) in [6, 6.07) is 6.35. The molecule has 0 bridgehead atoms. The fourth-order valence-electron chi connectivity index (χ4n) is 1.57. The van der Waals surface area contributed by atoms with Crippen LogP contribution < -0.4 is 5.32 Å². The van der Waals surface area contributed by atoms with Crippen LogP contribution in [0, 0.1) is 5.82 Å². The number of hydrogen-bond acceptors (Lipinski definition) is 2. The second-order valence-corrected chi connectivity index (χ2v) is 5.49. The number of nitrogens with one attached hydrogen (secondary N) is 1. The van der Waals surface area contributed by atoms with Crippen LogP contribution in [0.1, 0.15) is 25.8 Å². The summed E-state index contributed by atoms with van der Waals surface area (Å²) in [6.07, 6.45) is 0.633. The summed E-state index contributed by atoms with van der Waals surface area (Å²) in [7, 11) is 0. The molecule has 1 aromatic carbocycles. The summed E-state index contributed by atoms with van der Waals surface area (Å²) < 4.78 is 31.9. The molecule has 1 atom stereocenters. The lowest BCUT2D eigenvalue weighted by Crippen LogP contribution is -2.37. The number of benzene rings is 1. The van der Waals surface area contributed by atoms with Crippen molar-refractivity contribution >= 4 is 11.1 Å². The normalized spacial score (nSPS) is 13.6. The Kier molecular flexibility index (Phi) is 5.24. The Morgan fingerprint density at radius 2 is 1.94 bits per heavy atom. The molecule has 0 heterocycles. The van der Waals surface area contributed by atoms with Crippen LogP contribution in [-0.4, -0.2) is 21.1 Å². The maximum absolute atomic E-state index is 12.8. The van der Waals surface area contributed by atoms with Gasteiger partial charge in [0.15, 0.2) is 11.1 Å². The van der Waals surface area contributed by atoms with Gasteiger partial charge in [-0.15, -0.1) is 0 Å². The highest BCUT2D eigenvalue weighted by molar-refractivity contribution is 7.79. The predicted octanol–water partition coefficient (Wildman–Crippen LogP) is 2.26. The Labute approximate surface area is 104 Å². The second-order valence-electron chi connectivity index (χ2n) is 4.44. The van der Waals surface area contributed by atoms with Crippen LogP contribution in [0.25, 0.3) is 0 Å². The van der Waals surface area contributed by atoms with Gasteiger partial charge in [0, 0.05) is 5.54 Å². The zero-order chi connectivity index (χ0) is 12.9. The van der Waals surface area contributed by atoms with Gasteiger partial charge in [0.1, 0.15) is 5.82 Å². The fourth-order valence-corrected chi connectivity index (χ4v) is 1.96. The first-order valence-corrected chi connectivity index (χ1v) is 6.78. The van der Waals surface area contributed by atoms with Crippen molar-refractivity contribution in [3.05, 3.63) is 35.6 Å². The molecule has 96 valence electrons. The molecule has 0 spiro atoms. The highest BCUT2D eigenvalue weighted by atomic mass is 32.2. The predicted molar refractivity (Wildman–Crippen MR) is 67.7 cm³/mol. The molecule has 0 amide bonds. The summed E-state index contributed by atoms with van der Waals surface area (Å²) in [4.78, 5) is 0. The van der Waals surface area contributed by atoms with Crippen LogP contribution in [0.3, 0.4) is 0 Å². The van der Waals surface area contributed by atoms with Crippen molar-refractivity contribution in [2.24, 2.45) is 0 Å². The zero-order valence-electron chi connectivity index (χ0n) is 10.1. The lowest BCUT2D eigenvalue weighted by Gasteiger charge is -2.27. The summed E-state index contributed by atoms with van der Waals surface area (Å²) in [5, 5.41) is 3.28. The van der Waals surface area contributed by atoms with Crippen molar-refractivity contribution in [3.8, 4) is 0 Å². The number of halogens is 1. The smallest absolute Gasteiger partial charge is 0.152 e. The van der Waals surface area contributed by atoms with E-state index in [4.69, 9.17) is 4.55 Å². The molecule has 0 aliphatic rings. The average Bonchev–Trinajstić information content (AvgIpc) is 2.25. The van der Waals surface area contributed by atoms with E-state index in [1.54, 1.807) is 12.1 Å². The molecule has 3 nitrogen and oxygen atoms in total. The van der Waals surface area contributed by atoms with Gasteiger partial charge in [0.25, 0.3) is 0 Å². The number of rotatable bonds is 6. The molecule has 0 saturated heterocycles. The van der Waals surface area contributed by atoms with E-state index in [2.05, 4.69) is 5.32 Å². The van der Waals surface area contributed by atoms with Crippen molar-refractivity contribution in [2.75, 3.05) is 12.3 Å². The van der Waals surface area contributed by atoms with Crippen molar-refractivity contribution in [1.82, 2.24) is 5.32 Å². The van der Waals surface area contributed by atoms with E-state index < -0.39 is 11.1 Å². The minimum absolute atomic E-state index is 0.250. The third kappa shape index (κ3) is 4.93. The van der Waals surface area contributed by atoms with Crippen LogP contribution in [0.5, 0.6) is 0 Å². The van der Waals surface area contributed by atoms with Gasteiger partial charge in [-0.05, 0) is 44.5 Å². The van der Waals surface area contributed by atoms with E-state index in [1.165, 1.54) is 12.1 Å². The Morgan fingerprint density at radius 1 is 1.35 bits per heavy atom. The van der Waals surface area contributed by atoms with Gasteiger partial charge in [-0.1, -0.05) is 12.1 Å². The molecule has 0 aromatic heterocycles. The molecule has 1 unspecified atom stereocenters. The van der Waals surface area contributed by atoms with E-state index >= 15 is 0 Å². The molecule has 1 rings (SSSR count). The first kappa shape index (κ1) is 14.3. The van der Waals surface area contributed by atoms with Crippen LogP contribution in [0.2, 0.25) is 0 Å². The Bertz CT molecular complexity index is 379. The molecular formula is C12H18FNO2S. The number of hydrogen-bond donors (Lipinski definition) is 2. The van der Waals surface area contributed by atoms with Gasteiger partial charge in [0.05, 0.1) is 5.75 Å². The molecule has 1 aromatic rings. The summed E-state index contributed by atoms with van der Waals surface area (Å²) in [5.41, 5.74) is 0.717. The minimum Gasteiger partial charge on any atom is -0.308 e. The first-order valence-electron chi connectivity index (χ1n) is 5.50. The quantitative estimate of drug-likeness (QED) is 0.608. The van der Waals surface area contributed by atoms with Crippen molar-refractivity contribution in [1.29, 1.82) is 0 Å². The first-order chi connectivity index (χ1) is 7.92. The third-order valence-electron chi connectivity index (χ3n) is 2.63. The second kappa shape index (κ2) is 6.23. The van der Waals surface area contributed by atoms with Gasteiger partial charge in [0.2, 0.25) is 0 Å². The maximum Gasteiger partial charge on any atom is 0.152 e. The average molecular weight is 259 g/mol. The van der Waals surface area contributed by atoms with E-state index in [9.17, 15) is 8.60 Å². The van der Waals surface area contributed by atoms with E-state index in [0.717, 1.165) is 5.56 Å². The monoisotopic (exact) mass is 259 g/mol. The summed E-state index contributed by atoms with van der Waals surface area (Å²) in [6.45, 7) is 4.64. The molecule has 0 aliphatic heterocycles. The van der Waals surface area contributed by atoms with Gasteiger partial charge in [-0.25, -0.2) is 8.60 Å². The molecule has 0 aliphatic carbocycles. The minimum atomic E-state index is -1.73. The Morgan fingerprint density at radius 3 is 2.47 bits per heavy atom. The van der Waals surface area contributed by atoms with Crippen LogP contribution >= 0.6 is 0 Å².